The second-order valence-corrected chi connectivity index (χ2v) is 11.3. The Labute approximate surface area is 241 Å². The van der Waals surface area contributed by atoms with E-state index >= 15 is 0 Å². The van der Waals surface area contributed by atoms with Crippen molar-refractivity contribution in [1.82, 2.24) is 9.88 Å². The first-order valence-electron chi connectivity index (χ1n) is 14.9. The summed E-state index contributed by atoms with van der Waals surface area (Å²) < 4.78 is 13.3. The first-order chi connectivity index (χ1) is 20.1. The standard InChI is InChI=1S/C35H38N2O4/c38-34(39)23-28(22-25-10-2-1-3-11-25)35(32-20-18-27-13-5-7-15-31(27)41-32)37-21-9-8-16-33(37)40-24-29-19-17-26-12-4-6-14-30(26)36-29/h1-7,10-15,17,19,28,32-33,35H,8-9,16,18,20-24H2,(H,38,39). The Kier molecular flexibility index (Phi) is 8.59. The van der Waals surface area contributed by atoms with E-state index in [4.69, 9.17) is 14.5 Å². The third kappa shape index (κ3) is 6.61. The third-order valence-electron chi connectivity index (χ3n) is 8.54. The molecule has 4 aromatic rings. The van der Waals surface area contributed by atoms with Gasteiger partial charge in [0, 0.05) is 11.9 Å². The average Bonchev–Trinajstić information content (AvgIpc) is 3.01. The van der Waals surface area contributed by atoms with E-state index in [1.807, 2.05) is 54.6 Å². The van der Waals surface area contributed by atoms with Crippen LogP contribution < -0.4 is 4.74 Å². The number of aromatic nitrogens is 1. The number of benzene rings is 3. The van der Waals surface area contributed by atoms with E-state index in [-0.39, 0.29) is 30.7 Å². The van der Waals surface area contributed by atoms with Gasteiger partial charge in [-0.25, -0.2) is 0 Å². The molecule has 1 N–H and O–H groups in total. The van der Waals surface area contributed by atoms with Crippen LogP contribution in [0.25, 0.3) is 10.9 Å². The van der Waals surface area contributed by atoms with Gasteiger partial charge in [0.25, 0.3) is 0 Å². The Bertz CT molecular complexity index is 1460. The minimum Gasteiger partial charge on any atom is -0.488 e. The fourth-order valence-corrected chi connectivity index (χ4v) is 6.64. The Balaban J connectivity index is 1.30. The van der Waals surface area contributed by atoms with Gasteiger partial charge < -0.3 is 14.6 Å². The molecule has 3 aromatic carbocycles. The number of para-hydroxylation sites is 2. The molecule has 0 radical (unpaired) electrons. The number of carboxylic acids is 1. The molecule has 1 saturated heterocycles. The summed E-state index contributed by atoms with van der Waals surface area (Å²) in [6, 6.07) is 30.6. The first kappa shape index (κ1) is 27.4. The zero-order chi connectivity index (χ0) is 28.0. The molecule has 0 amide bonds. The van der Waals surface area contributed by atoms with Crippen molar-refractivity contribution < 1.29 is 19.4 Å². The molecule has 6 rings (SSSR count). The van der Waals surface area contributed by atoms with Gasteiger partial charge in [0.05, 0.1) is 30.3 Å². The number of carbonyl (C=O) groups is 1. The highest BCUT2D eigenvalue weighted by atomic mass is 16.5. The highest BCUT2D eigenvalue weighted by Gasteiger charge is 2.42. The number of rotatable bonds is 10. The van der Waals surface area contributed by atoms with Gasteiger partial charge in [0.2, 0.25) is 0 Å². The number of carboxylic acid groups (broad SMARTS) is 1. The number of ether oxygens (including phenoxy) is 2. The maximum Gasteiger partial charge on any atom is 0.303 e. The van der Waals surface area contributed by atoms with E-state index in [0.29, 0.717) is 13.0 Å². The summed E-state index contributed by atoms with van der Waals surface area (Å²) in [5.74, 6) is 0.00696. The summed E-state index contributed by atoms with van der Waals surface area (Å²) in [6.45, 7) is 1.27. The van der Waals surface area contributed by atoms with Gasteiger partial charge in [-0.1, -0.05) is 72.8 Å². The number of aliphatic carboxylic acids is 1. The first-order valence-corrected chi connectivity index (χ1v) is 14.9. The molecule has 41 heavy (non-hydrogen) atoms. The summed E-state index contributed by atoms with van der Waals surface area (Å²) >= 11 is 0. The zero-order valence-corrected chi connectivity index (χ0v) is 23.4. The zero-order valence-electron chi connectivity index (χ0n) is 23.4. The van der Waals surface area contributed by atoms with Crippen LogP contribution >= 0.6 is 0 Å². The van der Waals surface area contributed by atoms with Gasteiger partial charge in [-0.2, -0.15) is 0 Å². The lowest BCUT2D eigenvalue weighted by Crippen LogP contribution is -2.58. The van der Waals surface area contributed by atoms with Crippen LogP contribution in [-0.2, 0) is 29.0 Å². The normalized spacial score (nSPS) is 20.6. The van der Waals surface area contributed by atoms with Gasteiger partial charge >= 0.3 is 5.97 Å². The third-order valence-corrected chi connectivity index (χ3v) is 8.54. The summed E-state index contributed by atoms with van der Waals surface area (Å²) in [7, 11) is 0. The lowest BCUT2D eigenvalue weighted by molar-refractivity contribution is -0.148. The molecular weight excluding hydrogens is 512 g/mol. The van der Waals surface area contributed by atoms with Crippen LogP contribution in [0.15, 0.2) is 91.0 Å². The van der Waals surface area contributed by atoms with Gasteiger partial charge in [0.15, 0.2) is 0 Å². The van der Waals surface area contributed by atoms with Crippen molar-refractivity contribution in [3.8, 4) is 5.75 Å². The maximum absolute atomic E-state index is 12.3. The topological polar surface area (TPSA) is 71.9 Å². The number of fused-ring (bicyclic) bond motifs is 2. The minimum atomic E-state index is -0.776. The molecule has 0 aliphatic carbocycles. The monoisotopic (exact) mass is 550 g/mol. The minimum absolute atomic E-state index is 0.0799. The van der Waals surface area contributed by atoms with Crippen LogP contribution in [-0.4, -0.2) is 45.9 Å². The number of likely N-dealkylation sites (tertiary alicyclic amines) is 1. The molecule has 0 spiro atoms. The molecule has 4 atom stereocenters. The van der Waals surface area contributed by atoms with Crippen LogP contribution in [0.4, 0.5) is 0 Å². The van der Waals surface area contributed by atoms with Gasteiger partial charge in [0.1, 0.15) is 18.1 Å². The van der Waals surface area contributed by atoms with Crippen molar-refractivity contribution in [3.05, 3.63) is 108 Å². The fraction of sp³-hybridized carbons (Fsp3) is 0.371. The van der Waals surface area contributed by atoms with Crippen molar-refractivity contribution in [2.24, 2.45) is 5.92 Å². The van der Waals surface area contributed by atoms with Gasteiger partial charge in [-0.05, 0) is 73.8 Å². The average molecular weight is 551 g/mol. The van der Waals surface area contributed by atoms with Crippen molar-refractivity contribution >= 4 is 16.9 Å². The molecule has 1 fully saturated rings. The molecule has 0 bridgehead atoms. The van der Waals surface area contributed by atoms with Crippen LogP contribution in [0, 0.1) is 5.92 Å². The smallest absolute Gasteiger partial charge is 0.303 e. The summed E-state index contributed by atoms with van der Waals surface area (Å²) in [5.41, 5.74) is 4.23. The quantitative estimate of drug-likeness (QED) is 0.238. The molecule has 2 aliphatic rings. The molecule has 6 heteroatoms. The molecule has 6 nitrogen and oxygen atoms in total. The predicted octanol–water partition coefficient (Wildman–Crippen LogP) is 6.66. The van der Waals surface area contributed by atoms with Crippen molar-refractivity contribution in [2.75, 3.05) is 6.54 Å². The Morgan fingerprint density at radius 3 is 2.63 bits per heavy atom. The lowest BCUT2D eigenvalue weighted by Gasteiger charge is -2.47. The number of nitrogens with zero attached hydrogens (tertiary/aromatic N) is 2. The van der Waals surface area contributed by atoms with Crippen LogP contribution in [0.3, 0.4) is 0 Å². The van der Waals surface area contributed by atoms with E-state index in [9.17, 15) is 9.90 Å². The number of hydrogen-bond donors (Lipinski definition) is 1. The highest BCUT2D eigenvalue weighted by molar-refractivity contribution is 5.78. The molecule has 1 aromatic heterocycles. The molecular formula is C35H38N2O4. The van der Waals surface area contributed by atoms with Crippen LogP contribution in [0.1, 0.15) is 48.9 Å². The van der Waals surface area contributed by atoms with Gasteiger partial charge in [-0.3, -0.25) is 14.7 Å². The second-order valence-electron chi connectivity index (χ2n) is 11.3. The SMILES string of the molecule is O=C(O)CC(Cc1ccccc1)C(C1CCc2ccccc2O1)N1CCCCC1OCc1ccc2ccccc2n1. The van der Waals surface area contributed by atoms with E-state index in [2.05, 4.69) is 41.3 Å². The molecule has 4 unspecified atom stereocenters. The number of pyridine rings is 1. The number of hydrogen-bond acceptors (Lipinski definition) is 5. The predicted molar refractivity (Wildman–Crippen MR) is 160 cm³/mol. The van der Waals surface area contributed by atoms with Crippen LogP contribution in [0.5, 0.6) is 5.75 Å². The Hall–Kier alpha value is -3.74. The molecule has 0 saturated carbocycles. The number of aryl methyl sites for hydroxylation is 1. The van der Waals surface area contributed by atoms with E-state index in [0.717, 1.165) is 66.6 Å². The van der Waals surface area contributed by atoms with E-state index < -0.39 is 5.97 Å². The summed E-state index contributed by atoms with van der Waals surface area (Å²) in [6.07, 6.45) is 5.31. The molecule has 2 aliphatic heterocycles. The number of piperidine rings is 1. The van der Waals surface area contributed by atoms with Crippen molar-refractivity contribution in [3.63, 3.8) is 0 Å². The Morgan fingerprint density at radius 2 is 1.76 bits per heavy atom. The molecule has 3 heterocycles. The fourth-order valence-electron chi connectivity index (χ4n) is 6.64. The summed E-state index contributed by atoms with van der Waals surface area (Å²) in [5, 5.41) is 11.2. The summed E-state index contributed by atoms with van der Waals surface area (Å²) in [4.78, 5) is 19.5. The highest BCUT2D eigenvalue weighted by Crippen LogP contribution is 2.36. The van der Waals surface area contributed by atoms with Crippen molar-refractivity contribution in [1.29, 1.82) is 0 Å². The van der Waals surface area contributed by atoms with Crippen molar-refractivity contribution in [2.45, 2.75) is 69.9 Å². The lowest BCUT2D eigenvalue weighted by atomic mass is 9.81. The molecule has 212 valence electrons. The van der Waals surface area contributed by atoms with Crippen LogP contribution in [0.2, 0.25) is 0 Å². The van der Waals surface area contributed by atoms with E-state index in [1.54, 1.807) is 0 Å². The second kappa shape index (κ2) is 12.8. The largest absolute Gasteiger partial charge is 0.488 e. The van der Waals surface area contributed by atoms with E-state index in [1.165, 1.54) is 5.56 Å². The Morgan fingerprint density at radius 1 is 0.951 bits per heavy atom. The maximum atomic E-state index is 12.3. The van der Waals surface area contributed by atoms with Gasteiger partial charge in [-0.15, -0.1) is 0 Å².